The third-order valence-electron chi connectivity index (χ3n) is 3.34. The molecular formula is C10H17N3O2. The number of amides is 2. The van der Waals surface area contributed by atoms with E-state index in [0.29, 0.717) is 5.84 Å². The van der Waals surface area contributed by atoms with Gasteiger partial charge in [-0.3, -0.25) is 0 Å². The van der Waals surface area contributed by atoms with Crippen LogP contribution in [0.25, 0.3) is 0 Å². The molecule has 0 radical (unpaired) electrons. The zero-order chi connectivity index (χ0) is 11.2. The standard InChI is InChI=1S/C10H17N3O2/c1-6-4-10(5-7(2)15-6)8(11)12-9(14)13(10)3/h6-7H,4-5H2,1-3H3,(H2,11,12,14). The van der Waals surface area contributed by atoms with Crippen LogP contribution in [0.5, 0.6) is 0 Å². The number of hydrogen-bond donors (Lipinski definition) is 1. The van der Waals surface area contributed by atoms with E-state index in [1.54, 1.807) is 11.9 Å². The molecule has 15 heavy (non-hydrogen) atoms. The summed E-state index contributed by atoms with van der Waals surface area (Å²) in [5, 5.41) is 0. The van der Waals surface area contributed by atoms with Crippen molar-refractivity contribution in [3.05, 3.63) is 0 Å². The average molecular weight is 211 g/mol. The highest BCUT2D eigenvalue weighted by Crippen LogP contribution is 2.36. The minimum Gasteiger partial charge on any atom is -0.385 e. The molecule has 1 saturated heterocycles. The number of likely N-dealkylation sites (N-methyl/N-ethyl adjacent to an activating group) is 1. The molecule has 2 amide bonds. The molecule has 2 aliphatic heterocycles. The van der Waals surface area contributed by atoms with Gasteiger partial charge in [-0.05, 0) is 13.8 Å². The molecule has 84 valence electrons. The summed E-state index contributed by atoms with van der Waals surface area (Å²) >= 11 is 0. The number of hydrogen-bond acceptors (Lipinski definition) is 3. The quantitative estimate of drug-likeness (QED) is 0.642. The SMILES string of the molecule is CC1CC2(CC(C)O1)C(N)=NC(=O)N2C. The smallest absolute Gasteiger partial charge is 0.345 e. The van der Waals surface area contributed by atoms with Crippen molar-refractivity contribution < 1.29 is 9.53 Å². The van der Waals surface area contributed by atoms with Crippen molar-refractivity contribution in [2.45, 2.75) is 44.4 Å². The second-order valence-corrected chi connectivity index (χ2v) is 4.54. The second-order valence-electron chi connectivity index (χ2n) is 4.54. The summed E-state index contributed by atoms with van der Waals surface area (Å²) in [6.45, 7) is 4.00. The van der Waals surface area contributed by atoms with Gasteiger partial charge in [0.2, 0.25) is 0 Å². The predicted octanol–water partition coefficient (Wildman–Crippen LogP) is 0.735. The van der Waals surface area contributed by atoms with Crippen molar-refractivity contribution in [2.24, 2.45) is 10.7 Å². The third kappa shape index (κ3) is 1.42. The Morgan fingerprint density at radius 3 is 2.40 bits per heavy atom. The number of carbonyl (C=O) groups excluding carboxylic acids is 1. The van der Waals surface area contributed by atoms with Crippen molar-refractivity contribution in [3.63, 3.8) is 0 Å². The van der Waals surface area contributed by atoms with E-state index in [4.69, 9.17) is 10.5 Å². The largest absolute Gasteiger partial charge is 0.385 e. The molecular weight excluding hydrogens is 194 g/mol. The number of nitrogens with zero attached hydrogens (tertiary/aromatic N) is 2. The molecule has 0 aromatic carbocycles. The van der Waals surface area contributed by atoms with Gasteiger partial charge in [-0.15, -0.1) is 0 Å². The Balaban J connectivity index is 2.33. The summed E-state index contributed by atoms with van der Waals surface area (Å²) in [7, 11) is 1.76. The van der Waals surface area contributed by atoms with Crippen molar-refractivity contribution in [3.8, 4) is 0 Å². The number of rotatable bonds is 0. The average Bonchev–Trinajstić information content (AvgIpc) is 2.30. The van der Waals surface area contributed by atoms with Crippen LogP contribution in [0, 0.1) is 0 Å². The van der Waals surface area contributed by atoms with Gasteiger partial charge in [-0.2, -0.15) is 4.99 Å². The summed E-state index contributed by atoms with van der Waals surface area (Å²) in [4.78, 5) is 17.0. The van der Waals surface area contributed by atoms with Gasteiger partial charge in [0.05, 0.1) is 12.2 Å². The van der Waals surface area contributed by atoms with Crippen LogP contribution in [-0.2, 0) is 4.74 Å². The zero-order valence-electron chi connectivity index (χ0n) is 9.36. The first kappa shape index (κ1) is 10.4. The fourth-order valence-corrected chi connectivity index (χ4v) is 2.65. The fraction of sp³-hybridized carbons (Fsp3) is 0.800. The highest BCUT2D eigenvalue weighted by Gasteiger charge is 2.50. The summed E-state index contributed by atoms with van der Waals surface area (Å²) in [6, 6.07) is -0.242. The molecule has 0 aliphatic carbocycles. The van der Waals surface area contributed by atoms with Gasteiger partial charge in [0.1, 0.15) is 11.4 Å². The van der Waals surface area contributed by atoms with Crippen LogP contribution in [0.15, 0.2) is 4.99 Å². The number of ether oxygens (including phenoxy) is 1. The minimum absolute atomic E-state index is 0.107. The maximum absolute atomic E-state index is 11.5. The lowest BCUT2D eigenvalue weighted by Gasteiger charge is -2.43. The zero-order valence-corrected chi connectivity index (χ0v) is 9.36. The van der Waals surface area contributed by atoms with Crippen LogP contribution in [-0.4, -0.2) is 41.6 Å². The van der Waals surface area contributed by atoms with Gasteiger partial charge < -0.3 is 15.4 Å². The maximum Gasteiger partial charge on any atom is 0.345 e. The highest BCUT2D eigenvalue weighted by molar-refractivity contribution is 6.05. The molecule has 2 N–H and O–H groups in total. The van der Waals surface area contributed by atoms with E-state index in [1.807, 2.05) is 13.8 Å². The van der Waals surface area contributed by atoms with Crippen molar-refractivity contribution >= 4 is 11.9 Å². The number of aliphatic imine (C=N–C) groups is 1. The van der Waals surface area contributed by atoms with E-state index in [1.165, 1.54) is 0 Å². The first-order chi connectivity index (χ1) is 6.95. The molecule has 2 unspecified atom stereocenters. The molecule has 0 aromatic heterocycles. The van der Waals surface area contributed by atoms with Gasteiger partial charge in [0.25, 0.3) is 0 Å². The lowest BCUT2D eigenvalue weighted by atomic mass is 9.82. The fourth-order valence-electron chi connectivity index (χ4n) is 2.65. The summed E-state index contributed by atoms with van der Waals surface area (Å²) < 4.78 is 5.66. The molecule has 2 heterocycles. The molecule has 2 atom stereocenters. The first-order valence-corrected chi connectivity index (χ1v) is 5.23. The van der Waals surface area contributed by atoms with Gasteiger partial charge in [-0.1, -0.05) is 0 Å². The number of nitrogens with two attached hydrogens (primary N) is 1. The number of urea groups is 1. The van der Waals surface area contributed by atoms with Crippen molar-refractivity contribution in [1.29, 1.82) is 0 Å². The van der Waals surface area contributed by atoms with E-state index in [9.17, 15) is 4.79 Å². The Hall–Kier alpha value is -1.10. The van der Waals surface area contributed by atoms with E-state index >= 15 is 0 Å². The highest BCUT2D eigenvalue weighted by atomic mass is 16.5. The predicted molar refractivity (Wildman–Crippen MR) is 56.8 cm³/mol. The van der Waals surface area contributed by atoms with E-state index in [0.717, 1.165) is 12.8 Å². The molecule has 2 aliphatic rings. The Labute approximate surface area is 89.3 Å². The summed E-state index contributed by atoms with van der Waals surface area (Å²) in [6.07, 6.45) is 1.68. The number of amidine groups is 1. The minimum atomic E-state index is -0.409. The van der Waals surface area contributed by atoms with Crippen molar-refractivity contribution in [2.75, 3.05) is 7.05 Å². The van der Waals surface area contributed by atoms with Crippen LogP contribution in [0.2, 0.25) is 0 Å². The molecule has 2 rings (SSSR count). The van der Waals surface area contributed by atoms with E-state index < -0.39 is 5.54 Å². The molecule has 5 nitrogen and oxygen atoms in total. The molecule has 1 fully saturated rings. The molecule has 5 heteroatoms. The third-order valence-corrected chi connectivity index (χ3v) is 3.34. The second kappa shape index (κ2) is 3.20. The van der Waals surface area contributed by atoms with Crippen LogP contribution >= 0.6 is 0 Å². The Bertz CT molecular complexity index is 317. The monoisotopic (exact) mass is 211 g/mol. The lowest BCUT2D eigenvalue weighted by Crippen LogP contribution is -2.58. The van der Waals surface area contributed by atoms with Crippen LogP contribution in [0.4, 0.5) is 4.79 Å². The van der Waals surface area contributed by atoms with Crippen LogP contribution < -0.4 is 5.73 Å². The van der Waals surface area contributed by atoms with Gasteiger partial charge in [0, 0.05) is 19.9 Å². The topological polar surface area (TPSA) is 67.9 Å². The first-order valence-electron chi connectivity index (χ1n) is 5.23. The van der Waals surface area contributed by atoms with Crippen LogP contribution in [0.1, 0.15) is 26.7 Å². The van der Waals surface area contributed by atoms with Gasteiger partial charge in [-0.25, -0.2) is 4.79 Å². The van der Waals surface area contributed by atoms with Gasteiger partial charge >= 0.3 is 6.03 Å². The normalized spacial score (nSPS) is 41.1. The molecule has 1 spiro atoms. The molecule has 0 aromatic rings. The Morgan fingerprint density at radius 2 is 2.00 bits per heavy atom. The summed E-state index contributed by atoms with van der Waals surface area (Å²) in [5.41, 5.74) is 5.47. The number of carbonyl (C=O) groups is 1. The van der Waals surface area contributed by atoms with Crippen molar-refractivity contribution in [1.82, 2.24) is 4.90 Å². The Morgan fingerprint density at radius 1 is 1.47 bits per heavy atom. The molecule has 0 bridgehead atoms. The van der Waals surface area contributed by atoms with Crippen LogP contribution in [0.3, 0.4) is 0 Å². The Kier molecular flexibility index (Phi) is 2.22. The van der Waals surface area contributed by atoms with Gasteiger partial charge in [0.15, 0.2) is 0 Å². The van der Waals surface area contributed by atoms with E-state index in [-0.39, 0.29) is 18.2 Å². The lowest BCUT2D eigenvalue weighted by molar-refractivity contribution is -0.0681. The van der Waals surface area contributed by atoms with E-state index in [2.05, 4.69) is 4.99 Å². The maximum atomic E-state index is 11.5. The summed E-state index contributed by atoms with van der Waals surface area (Å²) in [5.74, 6) is 0.442. The molecule has 0 saturated carbocycles.